The summed E-state index contributed by atoms with van der Waals surface area (Å²) in [6.45, 7) is 11.9. The molecule has 1 saturated heterocycles. The Morgan fingerprint density at radius 1 is 1.16 bits per heavy atom. The first-order valence-electron chi connectivity index (χ1n) is 11.0. The van der Waals surface area contributed by atoms with Gasteiger partial charge in [0, 0.05) is 38.2 Å². The summed E-state index contributed by atoms with van der Waals surface area (Å²) in [6.07, 6.45) is 0. The number of ether oxygens (including phenoxy) is 3. The van der Waals surface area contributed by atoms with E-state index in [1.54, 1.807) is 0 Å². The van der Waals surface area contributed by atoms with Crippen molar-refractivity contribution in [1.29, 1.82) is 0 Å². The molecule has 0 aliphatic carbocycles. The van der Waals surface area contributed by atoms with Crippen LogP contribution in [0.2, 0.25) is 0 Å². The molecule has 3 rings (SSSR count). The molecule has 10 heteroatoms. The first kappa shape index (κ1) is 24.2. The molecule has 2 heterocycles. The Morgan fingerprint density at radius 3 is 2.47 bits per heavy atom. The number of carbonyl (C=O) groups is 1. The fraction of sp³-hybridized carbons (Fsp3) is 0.591. The van der Waals surface area contributed by atoms with Gasteiger partial charge in [0.15, 0.2) is 5.16 Å². The van der Waals surface area contributed by atoms with E-state index < -0.39 is 0 Å². The van der Waals surface area contributed by atoms with Crippen molar-refractivity contribution in [2.24, 2.45) is 7.05 Å². The van der Waals surface area contributed by atoms with Crippen LogP contribution in [0.4, 0.5) is 11.4 Å². The first-order valence-corrected chi connectivity index (χ1v) is 12.0. The molecule has 0 bridgehead atoms. The second-order valence-electron chi connectivity index (χ2n) is 7.67. The van der Waals surface area contributed by atoms with Crippen LogP contribution >= 0.6 is 11.8 Å². The standard InChI is InChI=1S/C22H33N5O4S/c1-6-30-18-13-17(27-8-10-29-11-9-27)19(31-7-2)12-16(18)23-20(28)14-32-22-25-24-21(15(3)4)26(22)5/h12-13,15H,6-11,14H2,1-5H3,(H,23,28). The highest BCUT2D eigenvalue weighted by atomic mass is 32.2. The second kappa shape index (κ2) is 11.4. The number of nitrogens with zero attached hydrogens (tertiary/aromatic N) is 4. The SMILES string of the molecule is CCOc1cc(N2CCOCC2)c(OCC)cc1NC(=O)CSc1nnc(C(C)C)n1C. The fourth-order valence-electron chi connectivity index (χ4n) is 3.52. The summed E-state index contributed by atoms with van der Waals surface area (Å²) in [5.41, 5.74) is 1.55. The highest BCUT2D eigenvalue weighted by Crippen LogP contribution is 2.39. The van der Waals surface area contributed by atoms with Gasteiger partial charge in [-0.1, -0.05) is 25.6 Å². The minimum atomic E-state index is -0.147. The topological polar surface area (TPSA) is 90.7 Å². The van der Waals surface area contributed by atoms with Gasteiger partial charge in [0.25, 0.3) is 0 Å². The molecule has 0 atom stereocenters. The number of amides is 1. The third-order valence-corrected chi connectivity index (χ3v) is 6.02. The van der Waals surface area contributed by atoms with Gasteiger partial charge in [-0.3, -0.25) is 4.79 Å². The minimum absolute atomic E-state index is 0.147. The number of hydrogen-bond acceptors (Lipinski definition) is 8. The fourth-order valence-corrected chi connectivity index (χ4v) is 4.23. The van der Waals surface area contributed by atoms with E-state index >= 15 is 0 Å². The molecule has 1 aliphatic rings. The van der Waals surface area contributed by atoms with Crippen molar-refractivity contribution in [2.45, 2.75) is 38.8 Å². The number of morpholine rings is 1. The third kappa shape index (κ3) is 5.86. The van der Waals surface area contributed by atoms with Gasteiger partial charge in [-0.25, -0.2) is 0 Å². The van der Waals surface area contributed by atoms with Crippen LogP contribution in [-0.4, -0.2) is 65.9 Å². The van der Waals surface area contributed by atoms with Crippen LogP contribution in [0, 0.1) is 0 Å². The molecule has 1 fully saturated rings. The number of benzene rings is 1. The molecule has 1 aromatic carbocycles. The molecule has 0 saturated carbocycles. The average Bonchev–Trinajstić information content (AvgIpc) is 3.15. The van der Waals surface area contributed by atoms with Gasteiger partial charge in [-0.05, 0) is 13.8 Å². The predicted octanol–water partition coefficient (Wildman–Crippen LogP) is 3.30. The van der Waals surface area contributed by atoms with Crippen LogP contribution < -0.4 is 19.7 Å². The van der Waals surface area contributed by atoms with E-state index in [9.17, 15) is 4.79 Å². The Hall–Kier alpha value is -2.46. The lowest BCUT2D eigenvalue weighted by Crippen LogP contribution is -2.36. The zero-order valence-electron chi connectivity index (χ0n) is 19.5. The molecule has 176 valence electrons. The maximum atomic E-state index is 12.7. The lowest BCUT2D eigenvalue weighted by Gasteiger charge is -2.31. The van der Waals surface area contributed by atoms with Gasteiger partial charge in [0.05, 0.1) is 43.6 Å². The lowest BCUT2D eigenvalue weighted by molar-refractivity contribution is -0.113. The summed E-state index contributed by atoms with van der Waals surface area (Å²) in [5.74, 6) is 2.57. The number of rotatable bonds is 10. The molecule has 1 N–H and O–H groups in total. The first-order chi connectivity index (χ1) is 15.4. The molecule has 1 aromatic heterocycles. The highest BCUT2D eigenvalue weighted by molar-refractivity contribution is 7.99. The van der Waals surface area contributed by atoms with Crippen LogP contribution in [-0.2, 0) is 16.6 Å². The van der Waals surface area contributed by atoms with E-state index in [0.717, 1.165) is 30.4 Å². The zero-order valence-corrected chi connectivity index (χ0v) is 20.3. The van der Waals surface area contributed by atoms with Crippen molar-refractivity contribution >= 4 is 29.0 Å². The predicted molar refractivity (Wildman–Crippen MR) is 126 cm³/mol. The Bertz CT molecular complexity index is 912. The van der Waals surface area contributed by atoms with Gasteiger partial charge in [0.1, 0.15) is 17.3 Å². The Morgan fingerprint density at radius 2 is 1.84 bits per heavy atom. The van der Waals surface area contributed by atoms with Gasteiger partial charge >= 0.3 is 0 Å². The van der Waals surface area contributed by atoms with Crippen LogP contribution in [0.15, 0.2) is 17.3 Å². The summed E-state index contributed by atoms with van der Waals surface area (Å²) >= 11 is 1.36. The van der Waals surface area contributed by atoms with Crippen LogP contribution in [0.1, 0.15) is 39.4 Å². The van der Waals surface area contributed by atoms with E-state index in [4.69, 9.17) is 14.2 Å². The summed E-state index contributed by atoms with van der Waals surface area (Å²) < 4.78 is 19.2. The molecular weight excluding hydrogens is 430 g/mol. The largest absolute Gasteiger partial charge is 0.492 e. The maximum Gasteiger partial charge on any atom is 0.234 e. The van der Waals surface area contributed by atoms with Crippen molar-refractivity contribution in [3.63, 3.8) is 0 Å². The molecule has 2 aromatic rings. The minimum Gasteiger partial charge on any atom is -0.492 e. The average molecular weight is 464 g/mol. The highest BCUT2D eigenvalue weighted by Gasteiger charge is 2.21. The van der Waals surface area contributed by atoms with Gasteiger partial charge in [-0.2, -0.15) is 0 Å². The monoisotopic (exact) mass is 463 g/mol. The van der Waals surface area contributed by atoms with Crippen molar-refractivity contribution < 1.29 is 19.0 Å². The third-order valence-electron chi connectivity index (χ3n) is 5.00. The van der Waals surface area contributed by atoms with Crippen LogP contribution in [0.25, 0.3) is 0 Å². The number of hydrogen-bond donors (Lipinski definition) is 1. The molecule has 9 nitrogen and oxygen atoms in total. The normalized spacial score (nSPS) is 14.0. The molecule has 0 unspecified atom stereocenters. The number of nitrogens with one attached hydrogen (secondary N) is 1. The van der Waals surface area contributed by atoms with Crippen molar-refractivity contribution in [3.05, 3.63) is 18.0 Å². The number of aromatic nitrogens is 3. The van der Waals surface area contributed by atoms with E-state index in [2.05, 4.69) is 34.3 Å². The number of thioether (sulfide) groups is 1. The Labute approximate surface area is 193 Å². The van der Waals surface area contributed by atoms with E-state index in [1.807, 2.05) is 37.6 Å². The summed E-state index contributed by atoms with van der Waals surface area (Å²) in [6, 6.07) is 3.79. The molecule has 1 aliphatic heterocycles. The van der Waals surface area contributed by atoms with Crippen molar-refractivity contribution in [3.8, 4) is 11.5 Å². The summed E-state index contributed by atoms with van der Waals surface area (Å²) in [5, 5.41) is 12.1. The van der Waals surface area contributed by atoms with Gasteiger partial charge in [0.2, 0.25) is 5.91 Å². The smallest absolute Gasteiger partial charge is 0.234 e. The maximum absolute atomic E-state index is 12.7. The van der Waals surface area contributed by atoms with Crippen molar-refractivity contribution in [1.82, 2.24) is 14.8 Å². The van der Waals surface area contributed by atoms with Crippen LogP contribution in [0.5, 0.6) is 11.5 Å². The molecule has 1 amide bonds. The Kier molecular flexibility index (Phi) is 8.63. The molecule has 32 heavy (non-hydrogen) atoms. The van der Waals surface area contributed by atoms with Crippen LogP contribution in [0.3, 0.4) is 0 Å². The number of anilines is 2. The quantitative estimate of drug-likeness (QED) is 0.537. The lowest BCUT2D eigenvalue weighted by atomic mass is 10.2. The summed E-state index contributed by atoms with van der Waals surface area (Å²) in [7, 11) is 1.92. The van der Waals surface area contributed by atoms with E-state index in [1.165, 1.54) is 11.8 Å². The van der Waals surface area contributed by atoms with Gasteiger partial charge < -0.3 is 29.0 Å². The van der Waals surface area contributed by atoms with Gasteiger partial charge in [-0.15, -0.1) is 10.2 Å². The number of carbonyl (C=O) groups excluding carboxylic acids is 1. The van der Waals surface area contributed by atoms with E-state index in [-0.39, 0.29) is 17.6 Å². The zero-order chi connectivity index (χ0) is 23.1. The molecule has 0 radical (unpaired) electrons. The second-order valence-corrected chi connectivity index (χ2v) is 8.62. The summed E-state index contributed by atoms with van der Waals surface area (Å²) in [4.78, 5) is 15.0. The Balaban J connectivity index is 1.76. The molecule has 0 spiro atoms. The van der Waals surface area contributed by atoms with Crippen molar-refractivity contribution in [2.75, 3.05) is 55.5 Å². The molecular formula is C22H33N5O4S. The van der Waals surface area contributed by atoms with E-state index in [0.29, 0.717) is 43.0 Å².